The molecule has 68 valence electrons. The fourth-order valence-corrected chi connectivity index (χ4v) is 1.86. The summed E-state index contributed by atoms with van der Waals surface area (Å²) in [6.07, 6.45) is 0. The molecule has 0 radical (unpaired) electrons. The first-order chi connectivity index (χ1) is 5.65. The Balaban J connectivity index is 2.50. The number of alkyl halides is 1. The standard InChI is InChI=1S/C7H10BrNO2S/c1-5(2-8)3-9-6(10)4-12-7(9)11/h5H,2-4H2,1H3. The highest BCUT2D eigenvalue weighted by atomic mass is 79.9. The molecule has 0 saturated carbocycles. The Hall–Kier alpha value is -0.0300. The molecule has 0 aromatic heterocycles. The summed E-state index contributed by atoms with van der Waals surface area (Å²) in [5.74, 6) is 0.586. The normalized spacial score (nSPS) is 20.3. The molecule has 1 fully saturated rings. The third-order valence-corrected chi connectivity index (χ3v) is 3.56. The smallest absolute Gasteiger partial charge is 0.273 e. The first-order valence-corrected chi connectivity index (χ1v) is 5.79. The van der Waals surface area contributed by atoms with Gasteiger partial charge in [0.05, 0.1) is 5.75 Å². The van der Waals surface area contributed by atoms with Gasteiger partial charge in [-0.25, -0.2) is 0 Å². The fraction of sp³-hybridized carbons (Fsp3) is 0.714. The number of halogens is 1. The van der Waals surface area contributed by atoms with Crippen LogP contribution in [0.5, 0.6) is 0 Å². The van der Waals surface area contributed by atoms with E-state index in [0.717, 1.165) is 17.1 Å². The average Bonchev–Trinajstić information content (AvgIpc) is 2.35. The van der Waals surface area contributed by atoms with Gasteiger partial charge in [0.25, 0.3) is 5.24 Å². The minimum Gasteiger partial charge on any atom is -0.273 e. The lowest BCUT2D eigenvalue weighted by Crippen LogP contribution is -2.33. The van der Waals surface area contributed by atoms with Crippen molar-refractivity contribution in [2.45, 2.75) is 6.92 Å². The molecule has 1 unspecified atom stereocenters. The number of thioether (sulfide) groups is 1. The predicted octanol–water partition coefficient (Wildman–Crippen LogP) is 1.71. The highest BCUT2D eigenvalue weighted by Crippen LogP contribution is 2.20. The van der Waals surface area contributed by atoms with Crippen LogP contribution in [0.4, 0.5) is 4.79 Å². The SMILES string of the molecule is CC(CBr)CN1C(=O)CSC1=O. The maximum atomic E-state index is 11.1. The van der Waals surface area contributed by atoms with Crippen molar-refractivity contribution in [2.24, 2.45) is 5.92 Å². The van der Waals surface area contributed by atoms with Gasteiger partial charge in [0.2, 0.25) is 5.91 Å². The first-order valence-electron chi connectivity index (χ1n) is 3.68. The Kier molecular flexibility index (Phi) is 3.58. The third kappa shape index (κ3) is 2.23. The summed E-state index contributed by atoms with van der Waals surface area (Å²) in [6, 6.07) is 0. The molecule has 1 atom stereocenters. The van der Waals surface area contributed by atoms with Gasteiger partial charge in [-0.2, -0.15) is 0 Å². The molecular weight excluding hydrogens is 242 g/mol. The van der Waals surface area contributed by atoms with Gasteiger partial charge in [-0.15, -0.1) is 0 Å². The fourth-order valence-electron chi connectivity index (χ4n) is 0.918. The summed E-state index contributed by atoms with van der Waals surface area (Å²) in [4.78, 5) is 23.5. The van der Waals surface area contributed by atoms with Crippen LogP contribution in [0.1, 0.15) is 6.92 Å². The van der Waals surface area contributed by atoms with E-state index in [1.165, 1.54) is 4.90 Å². The molecule has 0 aromatic rings. The molecule has 1 heterocycles. The van der Waals surface area contributed by atoms with E-state index < -0.39 is 0 Å². The van der Waals surface area contributed by atoms with Crippen LogP contribution in [0, 0.1) is 5.92 Å². The Bertz CT molecular complexity index is 194. The number of hydrogen-bond acceptors (Lipinski definition) is 3. The van der Waals surface area contributed by atoms with Crippen LogP contribution in [0.15, 0.2) is 0 Å². The second kappa shape index (κ2) is 4.28. The van der Waals surface area contributed by atoms with Crippen molar-refractivity contribution in [1.29, 1.82) is 0 Å². The summed E-state index contributed by atoms with van der Waals surface area (Å²) in [5, 5.41) is 0.710. The van der Waals surface area contributed by atoms with E-state index >= 15 is 0 Å². The number of carbonyl (C=O) groups excluding carboxylic acids is 2. The molecule has 1 aliphatic heterocycles. The van der Waals surface area contributed by atoms with Crippen LogP contribution in [-0.2, 0) is 4.79 Å². The monoisotopic (exact) mass is 251 g/mol. The van der Waals surface area contributed by atoms with Crippen LogP contribution in [0.3, 0.4) is 0 Å². The van der Waals surface area contributed by atoms with Crippen LogP contribution >= 0.6 is 27.7 Å². The minimum absolute atomic E-state index is 0.0576. The van der Waals surface area contributed by atoms with Crippen molar-refractivity contribution in [2.75, 3.05) is 17.6 Å². The van der Waals surface area contributed by atoms with Crippen molar-refractivity contribution in [3.8, 4) is 0 Å². The zero-order valence-electron chi connectivity index (χ0n) is 6.75. The number of nitrogens with zero attached hydrogens (tertiary/aromatic N) is 1. The van der Waals surface area contributed by atoms with Crippen molar-refractivity contribution in [1.82, 2.24) is 4.90 Å². The number of amides is 2. The first kappa shape index (κ1) is 10.1. The van der Waals surface area contributed by atoms with Crippen LogP contribution in [0.25, 0.3) is 0 Å². The molecule has 3 nitrogen and oxygen atoms in total. The zero-order chi connectivity index (χ0) is 9.14. The molecule has 0 N–H and O–H groups in total. The number of carbonyl (C=O) groups is 2. The summed E-state index contributed by atoms with van der Waals surface area (Å²) in [6.45, 7) is 2.54. The molecule has 0 aliphatic carbocycles. The lowest BCUT2D eigenvalue weighted by molar-refractivity contribution is -0.124. The van der Waals surface area contributed by atoms with Crippen molar-refractivity contribution < 1.29 is 9.59 Å². The van der Waals surface area contributed by atoms with Gasteiger partial charge < -0.3 is 0 Å². The zero-order valence-corrected chi connectivity index (χ0v) is 9.15. The van der Waals surface area contributed by atoms with E-state index in [1.54, 1.807) is 0 Å². The second-order valence-corrected chi connectivity index (χ2v) is 4.39. The largest absolute Gasteiger partial charge is 0.288 e. The molecule has 1 aliphatic rings. The predicted molar refractivity (Wildman–Crippen MR) is 52.5 cm³/mol. The highest BCUT2D eigenvalue weighted by molar-refractivity contribution is 9.09. The number of hydrogen-bond donors (Lipinski definition) is 0. The van der Waals surface area contributed by atoms with Gasteiger partial charge in [-0.3, -0.25) is 14.5 Å². The van der Waals surface area contributed by atoms with Gasteiger partial charge >= 0.3 is 0 Å². The van der Waals surface area contributed by atoms with Crippen LogP contribution in [-0.4, -0.2) is 33.7 Å². The van der Waals surface area contributed by atoms with E-state index in [4.69, 9.17) is 0 Å². The average molecular weight is 252 g/mol. The third-order valence-electron chi connectivity index (χ3n) is 1.60. The van der Waals surface area contributed by atoms with E-state index in [0.29, 0.717) is 18.2 Å². The Morgan fingerprint density at radius 1 is 1.67 bits per heavy atom. The molecule has 1 saturated heterocycles. The van der Waals surface area contributed by atoms with Crippen molar-refractivity contribution >= 4 is 38.8 Å². The summed E-state index contributed by atoms with van der Waals surface area (Å²) in [7, 11) is 0. The second-order valence-electron chi connectivity index (χ2n) is 2.82. The molecule has 2 amide bonds. The molecule has 12 heavy (non-hydrogen) atoms. The molecule has 0 aromatic carbocycles. The highest BCUT2D eigenvalue weighted by Gasteiger charge is 2.30. The van der Waals surface area contributed by atoms with Gasteiger partial charge in [0.1, 0.15) is 0 Å². The van der Waals surface area contributed by atoms with Crippen LogP contribution in [0.2, 0.25) is 0 Å². The Labute approximate surface area is 84.0 Å². The summed E-state index contributed by atoms with van der Waals surface area (Å²) < 4.78 is 0. The van der Waals surface area contributed by atoms with E-state index in [9.17, 15) is 9.59 Å². The van der Waals surface area contributed by atoms with Crippen molar-refractivity contribution in [3.05, 3.63) is 0 Å². The molecule has 1 rings (SSSR count). The van der Waals surface area contributed by atoms with Gasteiger partial charge in [-0.05, 0) is 5.92 Å². The number of rotatable bonds is 3. The molecule has 5 heteroatoms. The van der Waals surface area contributed by atoms with Gasteiger partial charge in [0.15, 0.2) is 0 Å². The number of imide groups is 1. The van der Waals surface area contributed by atoms with E-state index in [1.807, 2.05) is 6.92 Å². The maximum Gasteiger partial charge on any atom is 0.288 e. The molecule has 0 spiro atoms. The van der Waals surface area contributed by atoms with E-state index in [2.05, 4.69) is 15.9 Å². The molecular formula is C7H10BrNO2S. The molecule has 0 bridgehead atoms. The van der Waals surface area contributed by atoms with Gasteiger partial charge in [0, 0.05) is 11.9 Å². The quantitative estimate of drug-likeness (QED) is 0.717. The van der Waals surface area contributed by atoms with Crippen LogP contribution < -0.4 is 0 Å². The van der Waals surface area contributed by atoms with Gasteiger partial charge in [-0.1, -0.05) is 34.6 Å². The summed E-state index contributed by atoms with van der Waals surface area (Å²) in [5.41, 5.74) is 0. The Morgan fingerprint density at radius 3 is 2.75 bits per heavy atom. The topological polar surface area (TPSA) is 37.4 Å². The van der Waals surface area contributed by atoms with Crippen molar-refractivity contribution in [3.63, 3.8) is 0 Å². The lowest BCUT2D eigenvalue weighted by atomic mass is 10.2. The minimum atomic E-state index is -0.104. The maximum absolute atomic E-state index is 11.1. The summed E-state index contributed by atoms with van der Waals surface area (Å²) >= 11 is 4.39. The Morgan fingerprint density at radius 2 is 2.33 bits per heavy atom. The lowest BCUT2D eigenvalue weighted by Gasteiger charge is -2.16. The van der Waals surface area contributed by atoms with E-state index in [-0.39, 0.29) is 11.1 Å².